The van der Waals surface area contributed by atoms with Crippen LogP contribution in [0.3, 0.4) is 0 Å². The van der Waals surface area contributed by atoms with Crippen LogP contribution in [0.4, 0.5) is 0 Å². The molecule has 1 atom stereocenters. The van der Waals surface area contributed by atoms with Gasteiger partial charge in [-0.2, -0.15) is 0 Å². The van der Waals surface area contributed by atoms with Crippen LogP contribution in [0, 0.1) is 0 Å². The Morgan fingerprint density at radius 1 is 1.10 bits per heavy atom. The van der Waals surface area contributed by atoms with E-state index in [9.17, 15) is 0 Å². The molecule has 21 heavy (non-hydrogen) atoms. The summed E-state index contributed by atoms with van der Waals surface area (Å²) in [5.41, 5.74) is 6.97. The van der Waals surface area contributed by atoms with E-state index >= 15 is 0 Å². The summed E-state index contributed by atoms with van der Waals surface area (Å²) in [6.07, 6.45) is 7.36. The fraction of sp³-hybridized carbons (Fsp3) is 0.529. The number of nitrogens with zero attached hydrogens (tertiary/aromatic N) is 1. The van der Waals surface area contributed by atoms with E-state index in [2.05, 4.69) is 50.6 Å². The SMILES string of the molecule is Brc1ccccc1C1=C2CCCCC2(N2CCCC2)ON1. The smallest absolute Gasteiger partial charge is 0.173 e. The van der Waals surface area contributed by atoms with E-state index in [-0.39, 0.29) is 5.72 Å². The average molecular weight is 349 g/mol. The quantitative estimate of drug-likeness (QED) is 0.871. The van der Waals surface area contributed by atoms with Crippen LogP contribution in [0.2, 0.25) is 0 Å². The number of nitrogens with one attached hydrogen (secondary N) is 1. The topological polar surface area (TPSA) is 24.5 Å². The minimum Gasteiger partial charge on any atom is -0.270 e. The number of rotatable bonds is 2. The Balaban J connectivity index is 1.80. The fourth-order valence-corrected chi connectivity index (χ4v) is 4.50. The van der Waals surface area contributed by atoms with E-state index in [1.54, 1.807) is 0 Å². The monoisotopic (exact) mass is 348 g/mol. The van der Waals surface area contributed by atoms with Crippen molar-refractivity contribution in [3.05, 3.63) is 39.9 Å². The van der Waals surface area contributed by atoms with Gasteiger partial charge in [0.1, 0.15) is 0 Å². The van der Waals surface area contributed by atoms with Crippen molar-refractivity contribution in [3.63, 3.8) is 0 Å². The zero-order valence-corrected chi connectivity index (χ0v) is 13.8. The summed E-state index contributed by atoms with van der Waals surface area (Å²) in [6.45, 7) is 2.32. The molecular weight excluding hydrogens is 328 g/mol. The van der Waals surface area contributed by atoms with Crippen LogP contribution in [0.25, 0.3) is 5.70 Å². The molecule has 2 heterocycles. The fourth-order valence-electron chi connectivity index (χ4n) is 4.02. The number of halogens is 1. The second kappa shape index (κ2) is 5.41. The molecule has 2 fully saturated rings. The Bertz CT molecular complexity index is 580. The summed E-state index contributed by atoms with van der Waals surface area (Å²) in [5, 5.41) is 0. The first kappa shape index (κ1) is 13.8. The standard InChI is InChI=1S/C17H21BrN2O/c18-15-9-2-1-7-13(15)16-14-8-3-4-10-17(14,21-19-16)20-11-5-6-12-20/h1-2,7,9,19H,3-6,8,10-12H2. The van der Waals surface area contributed by atoms with Crippen molar-refractivity contribution < 1.29 is 4.84 Å². The molecule has 1 aliphatic carbocycles. The van der Waals surface area contributed by atoms with Gasteiger partial charge in [-0.3, -0.25) is 10.4 Å². The third kappa shape index (κ3) is 2.16. The summed E-state index contributed by atoms with van der Waals surface area (Å²) in [5.74, 6) is 0. The van der Waals surface area contributed by atoms with Crippen LogP contribution in [-0.4, -0.2) is 23.7 Å². The second-order valence-corrected chi connectivity index (χ2v) is 7.08. The van der Waals surface area contributed by atoms with Crippen molar-refractivity contribution in [3.8, 4) is 0 Å². The average Bonchev–Trinajstić information content (AvgIpc) is 3.16. The largest absolute Gasteiger partial charge is 0.270 e. The second-order valence-electron chi connectivity index (χ2n) is 6.22. The first-order chi connectivity index (χ1) is 10.3. The van der Waals surface area contributed by atoms with Crippen molar-refractivity contribution in [1.29, 1.82) is 0 Å². The van der Waals surface area contributed by atoms with E-state index in [1.165, 1.54) is 42.5 Å². The number of fused-ring (bicyclic) bond motifs is 1. The molecule has 0 spiro atoms. The Morgan fingerprint density at radius 2 is 1.90 bits per heavy atom. The summed E-state index contributed by atoms with van der Waals surface area (Å²) in [4.78, 5) is 8.79. The molecule has 2 aliphatic heterocycles. The number of hydrogen-bond acceptors (Lipinski definition) is 3. The number of hydrogen-bond donors (Lipinski definition) is 1. The molecule has 3 nitrogen and oxygen atoms in total. The Labute approximate surface area is 134 Å². The minimum atomic E-state index is -0.181. The highest BCUT2D eigenvalue weighted by Gasteiger charge is 2.49. The van der Waals surface area contributed by atoms with Crippen LogP contribution >= 0.6 is 15.9 Å². The van der Waals surface area contributed by atoms with Gasteiger partial charge in [-0.15, -0.1) is 0 Å². The molecule has 1 unspecified atom stereocenters. The summed E-state index contributed by atoms with van der Waals surface area (Å²) in [6, 6.07) is 8.41. The maximum Gasteiger partial charge on any atom is 0.173 e. The molecule has 1 saturated carbocycles. The molecule has 1 aromatic carbocycles. The predicted molar refractivity (Wildman–Crippen MR) is 87.3 cm³/mol. The number of benzene rings is 1. The molecule has 0 aromatic heterocycles. The Kier molecular flexibility index (Phi) is 3.56. The first-order valence-electron chi connectivity index (χ1n) is 7.99. The van der Waals surface area contributed by atoms with Crippen LogP contribution in [0.1, 0.15) is 44.1 Å². The van der Waals surface area contributed by atoms with E-state index in [1.807, 2.05) is 0 Å². The highest BCUT2D eigenvalue weighted by Crippen LogP contribution is 2.47. The van der Waals surface area contributed by atoms with Crippen molar-refractivity contribution in [2.75, 3.05) is 13.1 Å². The zero-order chi connectivity index (χ0) is 14.3. The van der Waals surface area contributed by atoms with Gasteiger partial charge < -0.3 is 0 Å². The zero-order valence-electron chi connectivity index (χ0n) is 12.2. The maximum atomic E-state index is 6.23. The van der Waals surface area contributed by atoms with Gasteiger partial charge in [0.2, 0.25) is 0 Å². The lowest BCUT2D eigenvalue weighted by Crippen LogP contribution is -2.51. The van der Waals surface area contributed by atoms with Gasteiger partial charge in [-0.1, -0.05) is 34.1 Å². The molecule has 0 radical (unpaired) electrons. The van der Waals surface area contributed by atoms with Gasteiger partial charge in [0.15, 0.2) is 5.72 Å². The number of hydroxylamine groups is 1. The molecule has 0 bridgehead atoms. The molecular formula is C17H21BrN2O. The minimum absolute atomic E-state index is 0.181. The highest BCUT2D eigenvalue weighted by atomic mass is 79.9. The molecule has 3 aliphatic rings. The van der Waals surface area contributed by atoms with E-state index in [0.717, 1.165) is 30.4 Å². The summed E-state index contributed by atoms with van der Waals surface area (Å²) in [7, 11) is 0. The van der Waals surface area contributed by atoms with Crippen LogP contribution in [0.15, 0.2) is 34.3 Å². The molecule has 112 valence electrons. The van der Waals surface area contributed by atoms with Crippen LogP contribution in [-0.2, 0) is 4.84 Å². The van der Waals surface area contributed by atoms with E-state index < -0.39 is 0 Å². The molecule has 1 aromatic rings. The van der Waals surface area contributed by atoms with E-state index in [4.69, 9.17) is 4.84 Å². The molecule has 1 saturated heterocycles. The molecule has 0 amide bonds. The van der Waals surface area contributed by atoms with Crippen LogP contribution < -0.4 is 5.48 Å². The predicted octanol–water partition coefficient (Wildman–Crippen LogP) is 4.06. The number of likely N-dealkylation sites (tertiary alicyclic amines) is 1. The lowest BCUT2D eigenvalue weighted by molar-refractivity contribution is -0.147. The normalized spacial score (nSPS) is 29.6. The Hall–Kier alpha value is -0.840. The van der Waals surface area contributed by atoms with Crippen molar-refractivity contribution in [2.24, 2.45) is 0 Å². The van der Waals surface area contributed by atoms with Crippen molar-refractivity contribution in [2.45, 2.75) is 44.2 Å². The third-order valence-corrected chi connectivity index (χ3v) is 5.74. The lowest BCUT2D eigenvalue weighted by atomic mass is 9.83. The van der Waals surface area contributed by atoms with Gasteiger partial charge in [0, 0.05) is 28.7 Å². The summed E-state index contributed by atoms with van der Waals surface area (Å²) < 4.78 is 1.13. The van der Waals surface area contributed by atoms with Crippen molar-refractivity contribution in [1.82, 2.24) is 10.4 Å². The molecule has 4 rings (SSSR count). The molecule has 4 heteroatoms. The van der Waals surface area contributed by atoms with Crippen molar-refractivity contribution >= 4 is 21.6 Å². The Morgan fingerprint density at radius 3 is 2.71 bits per heavy atom. The van der Waals surface area contributed by atoms with Gasteiger partial charge >= 0.3 is 0 Å². The third-order valence-electron chi connectivity index (χ3n) is 5.05. The first-order valence-corrected chi connectivity index (χ1v) is 8.78. The summed E-state index contributed by atoms with van der Waals surface area (Å²) >= 11 is 3.68. The lowest BCUT2D eigenvalue weighted by Gasteiger charge is -2.41. The molecule has 1 N–H and O–H groups in total. The van der Waals surface area contributed by atoms with Gasteiger partial charge in [0.25, 0.3) is 0 Å². The maximum absolute atomic E-state index is 6.23. The van der Waals surface area contributed by atoms with Gasteiger partial charge in [0.05, 0.1) is 5.70 Å². The van der Waals surface area contributed by atoms with E-state index in [0.29, 0.717) is 0 Å². The highest BCUT2D eigenvalue weighted by molar-refractivity contribution is 9.10. The van der Waals surface area contributed by atoms with Gasteiger partial charge in [-0.25, -0.2) is 4.84 Å². The van der Waals surface area contributed by atoms with Crippen LogP contribution in [0.5, 0.6) is 0 Å². The van der Waals surface area contributed by atoms with Gasteiger partial charge in [-0.05, 0) is 44.6 Å².